The standard InChI is InChI=1S/C16H20ClN3O4/c17-11-2-4-15(14(7-11)20(22)23)24-6-5-16(21)19-8-10-1-3-13(18)12(10)9-19/h2,4,7,10,12-13H,1,3,5-6,8-9,18H2. The second-order valence-electron chi connectivity index (χ2n) is 6.43. The van der Waals surface area contributed by atoms with Gasteiger partial charge in [-0.05, 0) is 36.8 Å². The van der Waals surface area contributed by atoms with E-state index in [0.29, 0.717) is 18.4 Å². The number of carbonyl (C=O) groups excluding carboxylic acids is 1. The maximum Gasteiger partial charge on any atom is 0.312 e. The molecule has 1 saturated carbocycles. The molecule has 0 spiro atoms. The summed E-state index contributed by atoms with van der Waals surface area (Å²) in [6.45, 7) is 1.57. The van der Waals surface area contributed by atoms with Gasteiger partial charge in [-0.1, -0.05) is 11.6 Å². The smallest absolute Gasteiger partial charge is 0.312 e. The highest BCUT2D eigenvalue weighted by Gasteiger charge is 2.42. The first-order chi connectivity index (χ1) is 11.5. The summed E-state index contributed by atoms with van der Waals surface area (Å²) in [6, 6.07) is 4.40. The summed E-state index contributed by atoms with van der Waals surface area (Å²) in [4.78, 5) is 24.6. The average molecular weight is 354 g/mol. The first kappa shape index (κ1) is 17.0. The van der Waals surface area contributed by atoms with Crippen LogP contribution in [0.1, 0.15) is 19.3 Å². The number of likely N-dealkylation sites (tertiary alicyclic amines) is 1. The molecule has 1 aromatic rings. The second kappa shape index (κ2) is 6.94. The fourth-order valence-corrected chi connectivity index (χ4v) is 3.84. The molecule has 1 aromatic carbocycles. The number of halogens is 1. The van der Waals surface area contributed by atoms with E-state index >= 15 is 0 Å². The van der Waals surface area contributed by atoms with Gasteiger partial charge in [-0.25, -0.2) is 0 Å². The van der Waals surface area contributed by atoms with Gasteiger partial charge in [0, 0.05) is 30.2 Å². The SMILES string of the molecule is NC1CCC2CN(C(=O)CCOc3ccc(Cl)cc3[N+](=O)[O-])CC12. The molecule has 130 valence electrons. The Morgan fingerprint density at radius 3 is 2.92 bits per heavy atom. The largest absolute Gasteiger partial charge is 0.486 e. The molecule has 1 amide bonds. The molecule has 1 saturated heterocycles. The third-order valence-corrected chi connectivity index (χ3v) is 5.19. The highest BCUT2D eigenvalue weighted by atomic mass is 35.5. The summed E-state index contributed by atoms with van der Waals surface area (Å²) in [6.07, 6.45) is 2.32. The number of hydrogen-bond acceptors (Lipinski definition) is 5. The summed E-state index contributed by atoms with van der Waals surface area (Å²) in [7, 11) is 0. The van der Waals surface area contributed by atoms with Crippen LogP contribution >= 0.6 is 11.6 Å². The maximum atomic E-state index is 12.3. The lowest BCUT2D eigenvalue weighted by molar-refractivity contribution is -0.385. The van der Waals surface area contributed by atoms with Crippen LogP contribution in [-0.4, -0.2) is 41.5 Å². The van der Waals surface area contributed by atoms with E-state index in [-0.39, 0.29) is 41.4 Å². The van der Waals surface area contributed by atoms with Crippen molar-refractivity contribution in [2.75, 3.05) is 19.7 Å². The normalized spacial score (nSPS) is 25.6. The Kier molecular flexibility index (Phi) is 4.91. The molecule has 1 heterocycles. The zero-order valence-corrected chi connectivity index (χ0v) is 13.9. The molecule has 8 heteroatoms. The van der Waals surface area contributed by atoms with Gasteiger partial charge in [0.25, 0.3) is 0 Å². The predicted octanol–water partition coefficient (Wildman–Crippen LogP) is 2.21. The van der Waals surface area contributed by atoms with Crippen LogP contribution in [0.5, 0.6) is 5.75 Å². The number of hydrogen-bond donors (Lipinski definition) is 1. The van der Waals surface area contributed by atoms with Crippen molar-refractivity contribution in [2.24, 2.45) is 17.6 Å². The molecule has 0 bridgehead atoms. The Morgan fingerprint density at radius 1 is 1.42 bits per heavy atom. The fourth-order valence-electron chi connectivity index (χ4n) is 3.67. The van der Waals surface area contributed by atoms with Crippen molar-refractivity contribution in [3.8, 4) is 5.75 Å². The zero-order chi connectivity index (χ0) is 17.3. The van der Waals surface area contributed by atoms with E-state index in [1.165, 1.54) is 18.2 Å². The molecule has 7 nitrogen and oxygen atoms in total. The van der Waals surface area contributed by atoms with E-state index in [0.717, 1.165) is 19.4 Å². The minimum Gasteiger partial charge on any atom is -0.486 e. The van der Waals surface area contributed by atoms with Crippen molar-refractivity contribution in [3.05, 3.63) is 33.3 Å². The van der Waals surface area contributed by atoms with Crippen LogP contribution in [-0.2, 0) is 4.79 Å². The minimum atomic E-state index is -0.550. The third kappa shape index (κ3) is 3.47. The number of rotatable bonds is 5. The Hall–Kier alpha value is -1.86. The zero-order valence-electron chi connectivity index (χ0n) is 13.2. The highest BCUT2D eigenvalue weighted by Crippen LogP contribution is 2.37. The van der Waals surface area contributed by atoms with Gasteiger partial charge in [0.05, 0.1) is 18.0 Å². The molecule has 2 N–H and O–H groups in total. The van der Waals surface area contributed by atoms with E-state index in [1.54, 1.807) is 0 Å². The molecule has 1 aliphatic carbocycles. The molecule has 3 atom stereocenters. The van der Waals surface area contributed by atoms with Gasteiger partial charge in [-0.3, -0.25) is 14.9 Å². The summed E-state index contributed by atoms with van der Waals surface area (Å²) in [5.74, 6) is 1.06. The molecule has 3 unspecified atom stereocenters. The fraction of sp³-hybridized carbons (Fsp3) is 0.562. The lowest BCUT2D eigenvalue weighted by Crippen LogP contribution is -2.34. The van der Waals surface area contributed by atoms with Crippen molar-refractivity contribution in [1.82, 2.24) is 4.90 Å². The summed E-state index contributed by atoms with van der Waals surface area (Å²) in [5, 5.41) is 11.3. The molecule has 2 fully saturated rings. The van der Waals surface area contributed by atoms with Crippen LogP contribution in [0.2, 0.25) is 5.02 Å². The summed E-state index contributed by atoms with van der Waals surface area (Å²) < 4.78 is 5.43. The van der Waals surface area contributed by atoms with Crippen LogP contribution in [0.25, 0.3) is 0 Å². The van der Waals surface area contributed by atoms with Crippen LogP contribution in [0.3, 0.4) is 0 Å². The number of ether oxygens (including phenoxy) is 1. The first-order valence-corrected chi connectivity index (χ1v) is 8.43. The van der Waals surface area contributed by atoms with Gasteiger partial charge in [-0.15, -0.1) is 0 Å². The van der Waals surface area contributed by atoms with E-state index in [4.69, 9.17) is 22.1 Å². The lowest BCUT2D eigenvalue weighted by Gasteiger charge is -2.18. The van der Waals surface area contributed by atoms with E-state index in [1.807, 2.05) is 4.90 Å². The lowest BCUT2D eigenvalue weighted by atomic mass is 9.98. The number of nitrogens with zero attached hydrogens (tertiary/aromatic N) is 2. The van der Waals surface area contributed by atoms with Crippen LogP contribution in [0.15, 0.2) is 18.2 Å². The number of amides is 1. The van der Waals surface area contributed by atoms with E-state index < -0.39 is 4.92 Å². The van der Waals surface area contributed by atoms with Crippen molar-refractivity contribution in [3.63, 3.8) is 0 Å². The average Bonchev–Trinajstić information content (AvgIpc) is 3.11. The quantitative estimate of drug-likeness (QED) is 0.646. The van der Waals surface area contributed by atoms with Gasteiger partial charge >= 0.3 is 5.69 Å². The number of benzene rings is 1. The van der Waals surface area contributed by atoms with Crippen molar-refractivity contribution >= 4 is 23.2 Å². The van der Waals surface area contributed by atoms with Gasteiger partial charge in [-0.2, -0.15) is 0 Å². The van der Waals surface area contributed by atoms with Crippen molar-refractivity contribution in [2.45, 2.75) is 25.3 Å². The van der Waals surface area contributed by atoms with Gasteiger partial charge in [0.15, 0.2) is 5.75 Å². The number of fused-ring (bicyclic) bond motifs is 1. The highest BCUT2D eigenvalue weighted by molar-refractivity contribution is 6.30. The van der Waals surface area contributed by atoms with Crippen LogP contribution < -0.4 is 10.5 Å². The topological polar surface area (TPSA) is 98.7 Å². The Morgan fingerprint density at radius 2 is 2.21 bits per heavy atom. The van der Waals surface area contributed by atoms with Crippen molar-refractivity contribution < 1.29 is 14.5 Å². The first-order valence-electron chi connectivity index (χ1n) is 8.06. The minimum absolute atomic E-state index is 0.00761. The van der Waals surface area contributed by atoms with Gasteiger partial charge in [0.2, 0.25) is 5.91 Å². The summed E-state index contributed by atoms with van der Waals surface area (Å²) >= 11 is 5.76. The summed E-state index contributed by atoms with van der Waals surface area (Å²) in [5.41, 5.74) is 5.88. The number of nitro benzene ring substituents is 1. The van der Waals surface area contributed by atoms with Crippen LogP contribution in [0.4, 0.5) is 5.69 Å². The Bertz CT molecular complexity index is 654. The molecule has 0 radical (unpaired) electrons. The third-order valence-electron chi connectivity index (χ3n) is 4.96. The second-order valence-corrected chi connectivity index (χ2v) is 6.87. The van der Waals surface area contributed by atoms with E-state index in [2.05, 4.69) is 0 Å². The van der Waals surface area contributed by atoms with Gasteiger partial charge < -0.3 is 15.4 Å². The molecule has 24 heavy (non-hydrogen) atoms. The number of nitrogens with two attached hydrogens (primary N) is 1. The maximum absolute atomic E-state index is 12.3. The molecule has 2 aliphatic rings. The Labute approximate surface area is 144 Å². The molecule has 0 aromatic heterocycles. The van der Waals surface area contributed by atoms with Crippen LogP contribution in [0, 0.1) is 22.0 Å². The molecule has 3 rings (SSSR count). The van der Waals surface area contributed by atoms with Gasteiger partial charge in [0.1, 0.15) is 0 Å². The Balaban J connectivity index is 1.52. The van der Waals surface area contributed by atoms with Crippen molar-refractivity contribution in [1.29, 1.82) is 0 Å². The number of carbonyl (C=O) groups is 1. The number of nitro groups is 1. The molecular weight excluding hydrogens is 334 g/mol. The predicted molar refractivity (Wildman–Crippen MR) is 89.0 cm³/mol. The molecular formula is C16H20ClN3O4. The molecule has 1 aliphatic heterocycles. The monoisotopic (exact) mass is 353 g/mol. The van der Waals surface area contributed by atoms with E-state index in [9.17, 15) is 14.9 Å².